The minimum absolute atomic E-state index is 0.0552. The van der Waals surface area contributed by atoms with Gasteiger partial charge in [-0.2, -0.15) is 0 Å². The van der Waals surface area contributed by atoms with Crippen LogP contribution in [0.3, 0.4) is 0 Å². The van der Waals surface area contributed by atoms with E-state index < -0.39 is 10.0 Å². The van der Waals surface area contributed by atoms with E-state index in [4.69, 9.17) is 21.4 Å². The third-order valence-electron chi connectivity index (χ3n) is 1.78. The molecule has 0 radical (unpaired) electrons. The number of hydrogen-bond donors (Lipinski definition) is 2. The van der Waals surface area contributed by atoms with Gasteiger partial charge >= 0.3 is 0 Å². The van der Waals surface area contributed by atoms with Crippen molar-refractivity contribution in [2.24, 2.45) is 0 Å². The summed E-state index contributed by atoms with van der Waals surface area (Å²) in [7, 11) is -3.59. The highest BCUT2D eigenvalue weighted by atomic mass is 35.5. The van der Waals surface area contributed by atoms with E-state index >= 15 is 0 Å². The fraction of sp³-hybridized carbons (Fsp3) is 0.444. The zero-order chi connectivity index (χ0) is 12.7. The average molecular weight is 281 g/mol. The van der Waals surface area contributed by atoms with E-state index in [1.54, 1.807) is 0 Å². The molecule has 17 heavy (non-hydrogen) atoms. The van der Waals surface area contributed by atoms with Crippen molar-refractivity contribution in [2.45, 2.75) is 4.90 Å². The number of rotatable bonds is 7. The van der Waals surface area contributed by atoms with Gasteiger partial charge in [0, 0.05) is 12.7 Å². The third kappa shape index (κ3) is 4.97. The lowest BCUT2D eigenvalue weighted by Crippen LogP contribution is -2.27. The molecule has 0 aromatic carbocycles. The molecule has 1 rings (SSSR count). The first-order valence-electron chi connectivity index (χ1n) is 4.86. The Morgan fingerprint density at radius 3 is 2.88 bits per heavy atom. The van der Waals surface area contributed by atoms with Gasteiger partial charge in [-0.15, -0.1) is 0 Å². The van der Waals surface area contributed by atoms with Crippen LogP contribution in [-0.2, 0) is 14.8 Å². The summed E-state index contributed by atoms with van der Waals surface area (Å²) in [5.41, 5.74) is 0. The zero-order valence-electron chi connectivity index (χ0n) is 8.97. The molecule has 1 aromatic rings. The smallest absolute Gasteiger partial charge is 0.240 e. The van der Waals surface area contributed by atoms with Crippen molar-refractivity contribution < 1.29 is 18.3 Å². The van der Waals surface area contributed by atoms with E-state index in [1.807, 2.05) is 0 Å². The minimum Gasteiger partial charge on any atom is -0.394 e. The van der Waals surface area contributed by atoms with Crippen LogP contribution in [0.25, 0.3) is 0 Å². The number of ether oxygens (including phenoxy) is 1. The Kier molecular flexibility index (Phi) is 5.79. The third-order valence-corrected chi connectivity index (χ3v) is 3.45. The van der Waals surface area contributed by atoms with Gasteiger partial charge in [0.25, 0.3) is 0 Å². The van der Waals surface area contributed by atoms with Crippen LogP contribution < -0.4 is 4.72 Å². The van der Waals surface area contributed by atoms with Crippen LogP contribution in [0.4, 0.5) is 0 Å². The lowest BCUT2D eigenvalue weighted by atomic mass is 10.5. The highest BCUT2D eigenvalue weighted by Gasteiger charge is 2.13. The molecule has 6 nitrogen and oxygen atoms in total. The first-order valence-corrected chi connectivity index (χ1v) is 6.72. The number of hydrogen-bond acceptors (Lipinski definition) is 5. The van der Waals surface area contributed by atoms with Crippen LogP contribution in [0.15, 0.2) is 23.2 Å². The fourth-order valence-corrected chi connectivity index (χ4v) is 2.31. The predicted octanol–water partition coefficient (Wildman–Crippen LogP) is 0.0222. The second-order valence-corrected chi connectivity index (χ2v) is 5.20. The molecule has 0 spiro atoms. The van der Waals surface area contributed by atoms with Crippen LogP contribution in [-0.4, -0.2) is 44.9 Å². The van der Waals surface area contributed by atoms with Crippen LogP contribution in [0, 0.1) is 0 Å². The van der Waals surface area contributed by atoms with Gasteiger partial charge in [0.2, 0.25) is 10.0 Å². The molecule has 8 heteroatoms. The Morgan fingerprint density at radius 1 is 1.47 bits per heavy atom. The normalized spacial score (nSPS) is 11.6. The van der Waals surface area contributed by atoms with E-state index in [0.717, 1.165) is 0 Å². The molecule has 0 bridgehead atoms. The number of sulfonamides is 1. The SMILES string of the molecule is O=S(=O)(NCCOCCO)c1ccnc(Cl)c1. The number of halogens is 1. The summed E-state index contributed by atoms with van der Waals surface area (Å²) < 4.78 is 30.7. The van der Waals surface area contributed by atoms with Crippen molar-refractivity contribution in [3.05, 3.63) is 23.5 Å². The van der Waals surface area contributed by atoms with Gasteiger partial charge in [-0.25, -0.2) is 18.1 Å². The number of aliphatic hydroxyl groups is 1. The van der Waals surface area contributed by atoms with Crippen molar-refractivity contribution in [1.29, 1.82) is 0 Å². The van der Waals surface area contributed by atoms with E-state index in [9.17, 15) is 8.42 Å². The van der Waals surface area contributed by atoms with Gasteiger partial charge in [-0.3, -0.25) is 0 Å². The Bertz CT molecular complexity index is 452. The van der Waals surface area contributed by atoms with E-state index in [1.165, 1.54) is 18.3 Å². The summed E-state index contributed by atoms with van der Waals surface area (Å²) in [6.45, 7) is 0.413. The van der Waals surface area contributed by atoms with Crippen LogP contribution in [0.2, 0.25) is 5.15 Å². The maximum atomic E-state index is 11.7. The van der Waals surface area contributed by atoms with Gasteiger partial charge in [-0.05, 0) is 12.1 Å². The number of aromatic nitrogens is 1. The standard InChI is InChI=1S/C9H13ClN2O4S/c10-9-7-8(1-2-11-9)17(14,15)12-3-5-16-6-4-13/h1-2,7,12-13H,3-6H2. The summed E-state index contributed by atoms with van der Waals surface area (Å²) in [4.78, 5) is 3.75. The summed E-state index contributed by atoms with van der Waals surface area (Å²) in [5.74, 6) is 0. The van der Waals surface area contributed by atoms with Gasteiger partial charge in [0.15, 0.2) is 0 Å². The molecule has 0 aliphatic rings. The molecule has 0 amide bonds. The van der Waals surface area contributed by atoms with Crippen LogP contribution >= 0.6 is 11.6 Å². The quantitative estimate of drug-likeness (QED) is 0.543. The molecule has 0 atom stereocenters. The van der Waals surface area contributed by atoms with E-state index in [0.29, 0.717) is 0 Å². The summed E-state index contributed by atoms with van der Waals surface area (Å²) in [6.07, 6.45) is 1.32. The molecule has 1 aromatic heterocycles. The Labute approximate surface area is 105 Å². The molecule has 0 saturated carbocycles. The second-order valence-electron chi connectivity index (χ2n) is 3.05. The number of nitrogens with one attached hydrogen (secondary N) is 1. The first kappa shape index (κ1) is 14.3. The number of nitrogens with zero attached hydrogens (tertiary/aromatic N) is 1. The van der Waals surface area contributed by atoms with Crippen molar-refractivity contribution >= 4 is 21.6 Å². The van der Waals surface area contributed by atoms with Crippen molar-refractivity contribution in [3.8, 4) is 0 Å². The van der Waals surface area contributed by atoms with Gasteiger partial charge in [-0.1, -0.05) is 11.6 Å². The molecule has 0 fully saturated rings. The molecular weight excluding hydrogens is 268 g/mol. The molecule has 1 heterocycles. The second kappa shape index (κ2) is 6.87. The lowest BCUT2D eigenvalue weighted by molar-refractivity contribution is 0.0961. The van der Waals surface area contributed by atoms with Crippen molar-refractivity contribution in [3.63, 3.8) is 0 Å². The maximum Gasteiger partial charge on any atom is 0.240 e. The number of pyridine rings is 1. The largest absolute Gasteiger partial charge is 0.394 e. The topological polar surface area (TPSA) is 88.5 Å². The lowest BCUT2D eigenvalue weighted by Gasteiger charge is -2.06. The van der Waals surface area contributed by atoms with E-state index in [-0.39, 0.29) is 36.4 Å². The number of aliphatic hydroxyl groups excluding tert-OH is 1. The summed E-state index contributed by atoms with van der Waals surface area (Å²) in [5, 5.41) is 8.56. The molecule has 0 unspecified atom stereocenters. The van der Waals surface area contributed by atoms with Gasteiger partial charge < -0.3 is 9.84 Å². The molecule has 0 aliphatic heterocycles. The predicted molar refractivity (Wildman–Crippen MR) is 62.3 cm³/mol. The maximum absolute atomic E-state index is 11.7. The fourth-order valence-electron chi connectivity index (χ4n) is 1.05. The van der Waals surface area contributed by atoms with Crippen molar-refractivity contribution in [2.75, 3.05) is 26.4 Å². The molecule has 2 N–H and O–H groups in total. The zero-order valence-corrected chi connectivity index (χ0v) is 10.5. The summed E-state index contributed by atoms with van der Waals surface area (Å²) in [6, 6.07) is 2.61. The average Bonchev–Trinajstić information content (AvgIpc) is 2.29. The van der Waals surface area contributed by atoms with Crippen molar-refractivity contribution in [1.82, 2.24) is 9.71 Å². The molecule has 0 aliphatic carbocycles. The van der Waals surface area contributed by atoms with Gasteiger partial charge in [0.05, 0.1) is 24.7 Å². The highest BCUT2D eigenvalue weighted by molar-refractivity contribution is 7.89. The van der Waals surface area contributed by atoms with Crippen LogP contribution in [0.1, 0.15) is 0 Å². The molecule has 0 saturated heterocycles. The Balaban J connectivity index is 2.51. The highest BCUT2D eigenvalue weighted by Crippen LogP contribution is 2.12. The van der Waals surface area contributed by atoms with Gasteiger partial charge in [0.1, 0.15) is 5.15 Å². The monoisotopic (exact) mass is 280 g/mol. The first-order chi connectivity index (χ1) is 8.06. The molecular formula is C9H13ClN2O4S. The van der Waals surface area contributed by atoms with E-state index in [2.05, 4.69) is 9.71 Å². The van der Waals surface area contributed by atoms with Crippen LogP contribution in [0.5, 0.6) is 0 Å². The Morgan fingerprint density at radius 2 is 2.24 bits per heavy atom. The Hall–Kier alpha value is -0.730. The molecule has 96 valence electrons. The summed E-state index contributed by atoms with van der Waals surface area (Å²) >= 11 is 5.60. The minimum atomic E-state index is -3.59.